The quantitative estimate of drug-likeness (QED) is 0.828. The first kappa shape index (κ1) is 11.9. The first-order valence-corrected chi connectivity index (χ1v) is 5.61. The van der Waals surface area contributed by atoms with Crippen LogP contribution in [0, 0.1) is 0 Å². The van der Waals surface area contributed by atoms with E-state index in [2.05, 4.69) is 21.8 Å². The topological polar surface area (TPSA) is 75.5 Å². The molecule has 1 aromatic heterocycles. The van der Waals surface area contributed by atoms with Gasteiger partial charge in [0.25, 0.3) is 0 Å². The summed E-state index contributed by atoms with van der Waals surface area (Å²) in [6, 6.07) is 1.38. The smallest absolute Gasteiger partial charge is 0.354 e. The van der Waals surface area contributed by atoms with Crippen molar-refractivity contribution in [2.45, 2.75) is 13.0 Å². The zero-order chi connectivity index (χ0) is 12.3. The second kappa shape index (κ2) is 5.20. The standard InChI is InChI=1S/C11H15N3O3/c1-2-14-5-6-17-9(7-14)10-12-4-3-8(13-10)11(15)16/h3-4,9H,2,5-7H2,1H3,(H,15,16). The molecule has 92 valence electrons. The van der Waals surface area contributed by atoms with E-state index in [4.69, 9.17) is 9.84 Å². The van der Waals surface area contributed by atoms with Crippen molar-refractivity contribution < 1.29 is 14.6 Å². The van der Waals surface area contributed by atoms with Crippen LogP contribution in [0.4, 0.5) is 0 Å². The molecule has 0 radical (unpaired) electrons. The van der Waals surface area contributed by atoms with Crippen molar-refractivity contribution in [3.63, 3.8) is 0 Å². The van der Waals surface area contributed by atoms with Gasteiger partial charge in [0.1, 0.15) is 6.10 Å². The molecule has 1 aliphatic heterocycles. The second-order valence-corrected chi connectivity index (χ2v) is 3.86. The summed E-state index contributed by atoms with van der Waals surface area (Å²) in [5, 5.41) is 8.86. The van der Waals surface area contributed by atoms with E-state index in [9.17, 15) is 4.79 Å². The molecule has 1 unspecified atom stereocenters. The molecular formula is C11H15N3O3. The normalized spacial score (nSPS) is 21.4. The number of morpholine rings is 1. The highest BCUT2D eigenvalue weighted by Crippen LogP contribution is 2.18. The molecule has 1 atom stereocenters. The summed E-state index contributed by atoms with van der Waals surface area (Å²) < 4.78 is 5.57. The molecule has 2 rings (SSSR count). The number of hydrogen-bond acceptors (Lipinski definition) is 5. The van der Waals surface area contributed by atoms with Crippen molar-refractivity contribution >= 4 is 5.97 Å². The summed E-state index contributed by atoms with van der Waals surface area (Å²) in [5.41, 5.74) is 0.00669. The number of carboxylic acids is 1. The summed E-state index contributed by atoms with van der Waals surface area (Å²) in [7, 11) is 0. The summed E-state index contributed by atoms with van der Waals surface area (Å²) in [5.74, 6) is -0.597. The van der Waals surface area contributed by atoms with E-state index in [1.54, 1.807) is 0 Å². The van der Waals surface area contributed by atoms with Crippen LogP contribution < -0.4 is 0 Å². The summed E-state index contributed by atoms with van der Waals surface area (Å²) in [4.78, 5) is 21.1. The molecule has 1 fully saturated rings. The van der Waals surface area contributed by atoms with Gasteiger partial charge in [-0.05, 0) is 12.6 Å². The van der Waals surface area contributed by atoms with Crippen molar-refractivity contribution in [2.24, 2.45) is 0 Å². The lowest BCUT2D eigenvalue weighted by Gasteiger charge is -2.31. The van der Waals surface area contributed by atoms with Gasteiger partial charge in [0.15, 0.2) is 11.5 Å². The molecule has 0 saturated carbocycles. The van der Waals surface area contributed by atoms with E-state index in [0.717, 1.165) is 13.1 Å². The van der Waals surface area contributed by atoms with Crippen molar-refractivity contribution in [2.75, 3.05) is 26.2 Å². The molecule has 1 aromatic rings. The Morgan fingerprint density at radius 1 is 1.71 bits per heavy atom. The SMILES string of the molecule is CCN1CCOC(c2nccc(C(=O)O)n2)C1. The number of nitrogens with zero attached hydrogens (tertiary/aromatic N) is 3. The van der Waals surface area contributed by atoms with Gasteiger partial charge in [-0.3, -0.25) is 4.90 Å². The predicted octanol–water partition coefficient (Wildman–Crippen LogP) is 0.568. The number of aromatic nitrogens is 2. The Bertz CT molecular complexity index is 411. The van der Waals surface area contributed by atoms with Crippen LogP contribution in [0.15, 0.2) is 12.3 Å². The average molecular weight is 237 g/mol. The first-order valence-electron chi connectivity index (χ1n) is 5.61. The number of carboxylic acid groups (broad SMARTS) is 1. The maximum Gasteiger partial charge on any atom is 0.354 e. The molecule has 0 bridgehead atoms. The van der Waals surface area contributed by atoms with Crippen molar-refractivity contribution in [1.29, 1.82) is 0 Å². The van der Waals surface area contributed by atoms with Gasteiger partial charge < -0.3 is 9.84 Å². The summed E-state index contributed by atoms with van der Waals surface area (Å²) in [6.45, 7) is 5.25. The minimum Gasteiger partial charge on any atom is -0.477 e. The van der Waals surface area contributed by atoms with Crippen molar-refractivity contribution in [3.8, 4) is 0 Å². The van der Waals surface area contributed by atoms with E-state index < -0.39 is 5.97 Å². The molecule has 2 heterocycles. The minimum absolute atomic E-state index is 0.00669. The number of rotatable bonds is 3. The Kier molecular flexibility index (Phi) is 3.65. The zero-order valence-corrected chi connectivity index (χ0v) is 9.67. The van der Waals surface area contributed by atoms with E-state index in [1.807, 2.05) is 0 Å². The lowest BCUT2D eigenvalue weighted by atomic mass is 10.2. The fourth-order valence-electron chi connectivity index (χ4n) is 1.79. The fourth-order valence-corrected chi connectivity index (χ4v) is 1.79. The molecule has 6 nitrogen and oxygen atoms in total. The molecule has 17 heavy (non-hydrogen) atoms. The minimum atomic E-state index is -1.04. The third kappa shape index (κ3) is 2.78. The van der Waals surface area contributed by atoms with E-state index >= 15 is 0 Å². The monoisotopic (exact) mass is 237 g/mol. The molecule has 0 spiro atoms. The third-order valence-corrected chi connectivity index (χ3v) is 2.78. The number of likely N-dealkylation sites (N-methyl/N-ethyl adjacent to an activating group) is 1. The van der Waals surface area contributed by atoms with Crippen LogP contribution in [-0.2, 0) is 4.74 Å². The van der Waals surface area contributed by atoms with E-state index in [1.165, 1.54) is 12.3 Å². The number of carbonyl (C=O) groups is 1. The highest BCUT2D eigenvalue weighted by atomic mass is 16.5. The molecule has 1 aliphatic rings. The number of ether oxygens (including phenoxy) is 1. The Labute approximate surface area is 99.2 Å². The van der Waals surface area contributed by atoms with E-state index in [0.29, 0.717) is 19.0 Å². The lowest BCUT2D eigenvalue weighted by Crippen LogP contribution is -2.38. The largest absolute Gasteiger partial charge is 0.477 e. The van der Waals surface area contributed by atoms with Crippen LogP contribution in [0.5, 0.6) is 0 Å². The highest BCUT2D eigenvalue weighted by Gasteiger charge is 2.23. The Hall–Kier alpha value is -1.53. The molecule has 1 saturated heterocycles. The summed E-state index contributed by atoms with van der Waals surface area (Å²) in [6.07, 6.45) is 1.23. The number of hydrogen-bond donors (Lipinski definition) is 1. The van der Waals surface area contributed by atoms with E-state index in [-0.39, 0.29) is 11.8 Å². The predicted molar refractivity (Wildman–Crippen MR) is 59.8 cm³/mol. The summed E-state index contributed by atoms with van der Waals surface area (Å²) >= 11 is 0. The number of aromatic carboxylic acids is 1. The Morgan fingerprint density at radius 2 is 2.53 bits per heavy atom. The van der Waals surface area contributed by atoms with Crippen LogP contribution in [0.1, 0.15) is 29.3 Å². The first-order chi connectivity index (χ1) is 8.20. The second-order valence-electron chi connectivity index (χ2n) is 3.86. The average Bonchev–Trinajstić information content (AvgIpc) is 2.39. The Balaban J connectivity index is 2.16. The molecule has 0 aliphatic carbocycles. The van der Waals surface area contributed by atoms with Crippen LogP contribution >= 0.6 is 0 Å². The van der Waals surface area contributed by atoms with Crippen LogP contribution in [0.25, 0.3) is 0 Å². The van der Waals surface area contributed by atoms with Crippen LogP contribution in [0.2, 0.25) is 0 Å². The van der Waals surface area contributed by atoms with Gasteiger partial charge in [0.05, 0.1) is 6.61 Å². The van der Waals surface area contributed by atoms with Crippen molar-refractivity contribution in [1.82, 2.24) is 14.9 Å². The van der Waals surface area contributed by atoms with Gasteiger partial charge >= 0.3 is 5.97 Å². The Morgan fingerprint density at radius 3 is 3.24 bits per heavy atom. The third-order valence-electron chi connectivity index (χ3n) is 2.78. The molecule has 0 amide bonds. The van der Waals surface area contributed by atoms with Gasteiger partial charge in [-0.15, -0.1) is 0 Å². The van der Waals surface area contributed by atoms with Crippen molar-refractivity contribution in [3.05, 3.63) is 23.8 Å². The lowest BCUT2D eigenvalue weighted by molar-refractivity contribution is -0.0326. The molecule has 6 heteroatoms. The van der Waals surface area contributed by atoms with Crippen LogP contribution in [-0.4, -0.2) is 52.2 Å². The van der Waals surface area contributed by atoms with Gasteiger partial charge in [0.2, 0.25) is 0 Å². The maximum atomic E-state index is 10.8. The molecule has 0 aromatic carbocycles. The molecular weight excluding hydrogens is 222 g/mol. The molecule has 1 N–H and O–H groups in total. The van der Waals surface area contributed by atoms with Crippen LogP contribution in [0.3, 0.4) is 0 Å². The van der Waals surface area contributed by atoms with Gasteiger partial charge in [-0.2, -0.15) is 0 Å². The van der Waals surface area contributed by atoms with Gasteiger partial charge in [-0.25, -0.2) is 14.8 Å². The highest BCUT2D eigenvalue weighted by molar-refractivity contribution is 5.85. The maximum absolute atomic E-state index is 10.8. The van der Waals surface area contributed by atoms with Gasteiger partial charge in [0, 0.05) is 19.3 Å². The van der Waals surface area contributed by atoms with Gasteiger partial charge in [-0.1, -0.05) is 6.92 Å². The zero-order valence-electron chi connectivity index (χ0n) is 9.67. The fraction of sp³-hybridized carbons (Fsp3) is 0.545.